The topological polar surface area (TPSA) is 38.7 Å². The van der Waals surface area contributed by atoms with Crippen LogP contribution < -0.4 is 4.74 Å². The highest BCUT2D eigenvalue weighted by atomic mass is 16.5. The molecule has 0 unspecified atom stereocenters. The van der Waals surface area contributed by atoms with Crippen molar-refractivity contribution in [1.29, 1.82) is 0 Å². The Hall–Kier alpha value is -1.60. The first kappa shape index (κ1) is 11.5. The highest BCUT2D eigenvalue weighted by molar-refractivity contribution is 5.36. The highest BCUT2D eigenvalue weighted by Crippen LogP contribution is 2.26. The summed E-state index contributed by atoms with van der Waals surface area (Å²) in [6, 6.07) is 7.78. The Balaban J connectivity index is 2.97. The van der Waals surface area contributed by atoms with Gasteiger partial charge in [-0.2, -0.15) is 0 Å². The molecule has 0 aliphatic heterocycles. The fourth-order valence-corrected chi connectivity index (χ4v) is 1.37. The van der Waals surface area contributed by atoms with Gasteiger partial charge < -0.3 is 4.74 Å². The van der Waals surface area contributed by atoms with Crippen LogP contribution in [0.4, 0.5) is 0 Å². The number of carbonyl (C=O) groups excluding carboxylic acids is 1. The third kappa shape index (κ3) is 2.93. The Morgan fingerprint density at radius 1 is 1.47 bits per heavy atom. The van der Waals surface area contributed by atoms with Crippen LogP contribution >= 0.6 is 0 Å². The molecule has 0 amide bonds. The molecular weight excluding hydrogens is 190 g/mol. The average molecular weight is 205 g/mol. The number of benzene rings is 1. The predicted octanol–water partition coefficient (Wildman–Crippen LogP) is 2.31. The van der Waals surface area contributed by atoms with Gasteiger partial charge in [-0.25, -0.2) is 9.79 Å². The Bertz CT molecular complexity index is 379. The van der Waals surface area contributed by atoms with Crippen LogP contribution in [0.25, 0.3) is 0 Å². The van der Waals surface area contributed by atoms with Gasteiger partial charge in [0.15, 0.2) is 0 Å². The standard InChI is InChI=1S/C12H15NO2/c1-12(2,8-13-9-14)10-5-4-6-11(7-10)15-3/h4-7H,8H2,1-3H3. The van der Waals surface area contributed by atoms with E-state index in [1.54, 1.807) is 13.2 Å². The average Bonchev–Trinajstić information content (AvgIpc) is 2.26. The van der Waals surface area contributed by atoms with E-state index in [9.17, 15) is 4.79 Å². The molecule has 0 spiro atoms. The maximum Gasteiger partial charge on any atom is 0.234 e. The lowest BCUT2D eigenvalue weighted by atomic mass is 9.85. The molecule has 0 bridgehead atoms. The molecular formula is C12H15NO2. The Morgan fingerprint density at radius 3 is 2.80 bits per heavy atom. The van der Waals surface area contributed by atoms with Crippen molar-refractivity contribution in [2.45, 2.75) is 19.3 Å². The van der Waals surface area contributed by atoms with Gasteiger partial charge in [-0.15, -0.1) is 0 Å². The molecule has 0 saturated carbocycles. The molecule has 1 aromatic carbocycles. The van der Waals surface area contributed by atoms with Crippen molar-refractivity contribution in [3.05, 3.63) is 29.8 Å². The zero-order valence-electron chi connectivity index (χ0n) is 9.28. The van der Waals surface area contributed by atoms with Crippen molar-refractivity contribution < 1.29 is 9.53 Å². The smallest absolute Gasteiger partial charge is 0.234 e. The van der Waals surface area contributed by atoms with E-state index >= 15 is 0 Å². The summed E-state index contributed by atoms with van der Waals surface area (Å²) < 4.78 is 5.15. The molecule has 0 aromatic heterocycles. The van der Waals surface area contributed by atoms with E-state index in [4.69, 9.17) is 4.74 Å². The van der Waals surface area contributed by atoms with E-state index < -0.39 is 0 Å². The second-order valence-corrected chi connectivity index (χ2v) is 4.02. The number of ether oxygens (including phenoxy) is 1. The minimum absolute atomic E-state index is 0.175. The fraction of sp³-hybridized carbons (Fsp3) is 0.417. The Morgan fingerprint density at radius 2 is 2.20 bits per heavy atom. The van der Waals surface area contributed by atoms with E-state index in [0.717, 1.165) is 11.3 Å². The van der Waals surface area contributed by atoms with Crippen LogP contribution in [0.15, 0.2) is 29.3 Å². The predicted molar refractivity (Wildman–Crippen MR) is 59.0 cm³/mol. The SMILES string of the molecule is COc1cccc(C(C)(C)CN=C=O)c1. The molecule has 15 heavy (non-hydrogen) atoms. The number of rotatable bonds is 4. The summed E-state index contributed by atoms with van der Waals surface area (Å²) in [5, 5.41) is 0. The highest BCUT2D eigenvalue weighted by Gasteiger charge is 2.20. The number of aliphatic imine (C=N–C) groups is 1. The van der Waals surface area contributed by atoms with Crippen molar-refractivity contribution in [2.75, 3.05) is 13.7 Å². The van der Waals surface area contributed by atoms with Gasteiger partial charge in [0.05, 0.1) is 13.7 Å². The van der Waals surface area contributed by atoms with Gasteiger partial charge >= 0.3 is 0 Å². The number of nitrogens with zero attached hydrogens (tertiary/aromatic N) is 1. The van der Waals surface area contributed by atoms with Crippen molar-refractivity contribution in [3.8, 4) is 5.75 Å². The summed E-state index contributed by atoms with van der Waals surface area (Å²) in [6.45, 7) is 4.49. The summed E-state index contributed by atoms with van der Waals surface area (Å²) in [4.78, 5) is 13.7. The zero-order chi connectivity index (χ0) is 11.3. The molecule has 0 N–H and O–H groups in total. The maximum absolute atomic E-state index is 10.1. The third-order valence-corrected chi connectivity index (χ3v) is 2.39. The van der Waals surface area contributed by atoms with Crippen molar-refractivity contribution >= 4 is 6.08 Å². The number of hydrogen-bond donors (Lipinski definition) is 0. The minimum atomic E-state index is -0.175. The third-order valence-electron chi connectivity index (χ3n) is 2.39. The molecule has 0 atom stereocenters. The largest absolute Gasteiger partial charge is 0.497 e. The molecule has 0 heterocycles. The monoisotopic (exact) mass is 205 g/mol. The first-order valence-corrected chi connectivity index (χ1v) is 4.78. The molecule has 1 rings (SSSR count). The van der Waals surface area contributed by atoms with Gasteiger partial charge in [0, 0.05) is 5.41 Å². The molecule has 3 heteroatoms. The summed E-state index contributed by atoms with van der Waals surface area (Å²) >= 11 is 0. The zero-order valence-corrected chi connectivity index (χ0v) is 9.28. The van der Waals surface area contributed by atoms with Crippen molar-refractivity contribution in [3.63, 3.8) is 0 Å². The van der Waals surface area contributed by atoms with Crippen LogP contribution in [0.5, 0.6) is 5.75 Å². The lowest BCUT2D eigenvalue weighted by Crippen LogP contribution is -2.21. The summed E-state index contributed by atoms with van der Waals surface area (Å²) in [6.07, 6.45) is 1.57. The van der Waals surface area contributed by atoms with E-state index in [-0.39, 0.29) is 5.41 Å². The quantitative estimate of drug-likeness (QED) is 0.559. The number of hydrogen-bond acceptors (Lipinski definition) is 3. The van der Waals surface area contributed by atoms with Gasteiger partial charge in [0.25, 0.3) is 0 Å². The molecule has 0 radical (unpaired) electrons. The summed E-state index contributed by atoms with van der Waals surface area (Å²) in [5.41, 5.74) is 0.923. The van der Waals surface area contributed by atoms with Crippen LogP contribution in [0.3, 0.4) is 0 Å². The first-order valence-electron chi connectivity index (χ1n) is 4.78. The van der Waals surface area contributed by atoms with Crippen LogP contribution in [-0.4, -0.2) is 19.7 Å². The molecule has 0 saturated heterocycles. The Kier molecular flexibility index (Phi) is 3.64. The summed E-state index contributed by atoms with van der Waals surface area (Å²) in [5.74, 6) is 0.815. The van der Waals surface area contributed by atoms with E-state index in [1.807, 2.05) is 38.1 Å². The molecule has 0 aliphatic carbocycles. The van der Waals surface area contributed by atoms with Gasteiger partial charge in [0.2, 0.25) is 6.08 Å². The second-order valence-electron chi connectivity index (χ2n) is 4.02. The lowest BCUT2D eigenvalue weighted by Gasteiger charge is -2.22. The van der Waals surface area contributed by atoms with Gasteiger partial charge in [-0.05, 0) is 17.7 Å². The minimum Gasteiger partial charge on any atom is -0.497 e. The van der Waals surface area contributed by atoms with Crippen molar-refractivity contribution in [2.24, 2.45) is 4.99 Å². The summed E-state index contributed by atoms with van der Waals surface area (Å²) in [7, 11) is 1.63. The van der Waals surface area contributed by atoms with Crippen molar-refractivity contribution in [1.82, 2.24) is 0 Å². The number of isocyanates is 1. The lowest BCUT2D eigenvalue weighted by molar-refractivity contribution is 0.412. The fourth-order valence-electron chi connectivity index (χ4n) is 1.37. The molecule has 0 aliphatic rings. The maximum atomic E-state index is 10.1. The molecule has 80 valence electrons. The Labute approximate surface area is 89.8 Å². The van der Waals surface area contributed by atoms with E-state index in [0.29, 0.717) is 6.54 Å². The normalized spacial score (nSPS) is 10.6. The van der Waals surface area contributed by atoms with Crippen LogP contribution in [0, 0.1) is 0 Å². The van der Waals surface area contributed by atoms with Gasteiger partial charge in [0.1, 0.15) is 5.75 Å². The molecule has 1 aromatic rings. The number of methoxy groups -OCH3 is 1. The van der Waals surface area contributed by atoms with E-state index in [2.05, 4.69) is 4.99 Å². The van der Waals surface area contributed by atoms with Gasteiger partial charge in [-0.3, -0.25) is 0 Å². The first-order chi connectivity index (χ1) is 7.10. The van der Waals surface area contributed by atoms with E-state index in [1.165, 1.54) is 0 Å². The van der Waals surface area contributed by atoms with Crippen LogP contribution in [0.1, 0.15) is 19.4 Å². The van der Waals surface area contributed by atoms with Gasteiger partial charge in [-0.1, -0.05) is 26.0 Å². The second kappa shape index (κ2) is 4.76. The van der Waals surface area contributed by atoms with Crippen LogP contribution in [-0.2, 0) is 10.2 Å². The molecule has 0 fully saturated rings. The molecule has 3 nitrogen and oxygen atoms in total. The van der Waals surface area contributed by atoms with Crippen LogP contribution in [0.2, 0.25) is 0 Å².